The minimum Gasteiger partial charge on any atom is -0.397 e. The first-order chi connectivity index (χ1) is 9.66. The van der Waals surface area contributed by atoms with Gasteiger partial charge in [-0.15, -0.1) is 0 Å². The molecular weight excluding hydrogens is 290 g/mol. The Morgan fingerprint density at radius 3 is 2.33 bits per heavy atom. The average Bonchev–Trinajstić information content (AvgIpc) is 2.37. The SMILES string of the molecule is CC(C)OCCN(C)c1ccc(S(=O)(=O)N(C)C)cc1N. The Bertz CT molecular complexity index is 571. The zero-order chi connectivity index (χ0) is 16.2. The Balaban J connectivity index is 2.88. The number of hydrogen-bond acceptors (Lipinski definition) is 5. The van der Waals surface area contributed by atoms with E-state index in [0.717, 1.165) is 5.69 Å². The monoisotopic (exact) mass is 315 g/mol. The van der Waals surface area contributed by atoms with Crippen molar-refractivity contribution < 1.29 is 13.2 Å². The van der Waals surface area contributed by atoms with Crippen LogP contribution in [0.3, 0.4) is 0 Å². The predicted molar refractivity (Wildman–Crippen MR) is 86.1 cm³/mol. The number of ether oxygens (including phenoxy) is 1. The van der Waals surface area contributed by atoms with Gasteiger partial charge in [-0.25, -0.2) is 12.7 Å². The van der Waals surface area contributed by atoms with Crippen molar-refractivity contribution in [3.05, 3.63) is 18.2 Å². The maximum Gasteiger partial charge on any atom is 0.242 e. The summed E-state index contributed by atoms with van der Waals surface area (Å²) in [7, 11) is 1.43. The Labute approximate surface area is 127 Å². The molecule has 1 rings (SSSR count). The lowest BCUT2D eigenvalue weighted by Gasteiger charge is -2.22. The molecule has 7 heteroatoms. The Kier molecular flexibility index (Phi) is 6.00. The summed E-state index contributed by atoms with van der Waals surface area (Å²) in [6.45, 7) is 5.23. The van der Waals surface area contributed by atoms with Gasteiger partial charge in [0.05, 0.1) is 29.0 Å². The zero-order valence-electron chi connectivity index (χ0n) is 13.3. The van der Waals surface area contributed by atoms with Gasteiger partial charge >= 0.3 is 0 Å². The fraction of sp³-hybridized carbons (Fsp3) is 0.571. The lowest BCUT2D eigenvalue weighted by molar-refractivity contribution is 0.0846. The number of nitrogen functional groups attached to an aromatic ring is 1. The number of nitrogens with zero attached hydrogens (tertiary/aromatic N) is 2. The normalized spacial score (nSPS) is 12.1. The third-order valence-electron chi connectivity index (χ3n) is 3.07. The van der Waals surface area contributed by atoms with Crippen molar-refractivity contribution in [1.82, 2.24) is 4.31 Å². The van der Waals surface area contributed by atoms with Gasteiger partial charge in [0, 0.05) is 27.7 Å². The quantitative estimate of drug-likeness (QED) is 0.769. The Morgan fingerprint density at radius 2 is 1.86 bits per heavy atom. The van der Waals surface area contributed by atoms with Crippen LogP contribution in [-0.4, -0.2) is 53.1 Å². The summed E-state index contributed by atoms with van der Waals surface area (Å²) < 4.78 is 30.8. The highest BCUT2D eigenvalue weighted by molar-refractivity contribution is 7.89. The molecule has 0 heterocycles. The molecule has 0 radical (unpaired) electrons. The van der Waals surface area contributed by atoms with Crippen LogP contribution < -0.4 is 10.6 Å². The molecule has 0 unspecified atom stereocenters. The number of anilines is 2. The van der Waals surface area contributed by atoms with E-state index in [1.807, 2.05) is 25.8 Å². The van der Waals surface area contributed by atoms with Crippen LogP contribution in [0.1, 0.15) is 13.8 Å². The van der Waals surface area contributed by atoms with Gasteiger partial charge in [0.25, 0.3) is 0 Å². The van der Waals surface area contributed by atoms with Gasteiger partial charge in [-0.2, -0.15) is 0 Å². The largest absolute Gasteiger partial charge is 0.397 e. The van der Waals surface area contributed by atoms with Crippen molar-refractivity contribution in [2.45, 2.75) is 24.8 Å². The fourth-order valence-electron chi connectivity index (χ4n) is 1.80. The van der Waals surface area contributed by atoms with E-state index < -0.39 is 10.0 Å². The Hall–Kier alpha value is -1.31. The van der Waals surface area contributed by atoms with Crippen LogP contribution in [0.4, 0.5) is 11.4 Å². The molecule has 1 aromatic carbocycles. The van der Waals surface area contributed by atoms with Gasteiger partial charge < -0.3 is 15.4 Å². The summed E-state index contributed by atoms with van der Waals surface area (Å²) in [4.78, 5) is 2.14. The molecule has 0 fully saturated rings. The predicted octanol–water partition coefficient (Wildman–Crippen LogP) is 1.38. The summed E-state index contributed by atoms with van der Waals surface area (Å²) in [5, 5.41) is 0. The van der Waals surface area contributed by atoms with E-state index >= 15 is 0 Å². The first kappa shape index (κ1) is 17.7. The first-order valence-electron chi connectivity index (χ1n) is 6.81. The molecule has 0 spiro atoms. The molecule has 0 aliphatic carbocycles. The minimum atomic E-state index is -3.46. The van der Waals surface area contributed by atoms with Gasteiger partial charge in [-0.1, -0.05) is 0 Å². The summed E-state index contributed by atoms with van der Waals surface area (Å²) >= 11 is 0. The standard InChI is InChI=1S/C14H25N3O3S/c1-11(2)20-9-8-17(5)14-7-6-12(10-13(14)15)21(18,19)16(3)4/h6-7,10-11H,8-9,15H2,1-5H3. The number of sulfonamides is 1. The molecule has 0 amide bonds. The molecule has 0 atom stereocenters. The van der Waals surface area contributed by atoms with E-state index in [9.17, 15) is 8.42 Å². The Morgan fingerprint density at radius 1 is 1.24 bits per heavy atom. The first-order valence-corrected chi connectivity index (χ1v) is 8.25. The highest BCUT2D eigenvalue weighted by Crippen LogP contribution is 2.26. The molecule has 0 aliphatic heterocycles. The van der Waals surface area contributed by atoms with Crippen LogP contribution in [0.5, 0.6) is 0 Å². The molecular formula is C14H25N3O3S. The van der Waals surface area contributed by atoms with Crippen molar-refractivity contribution in [1.29, 1.82) is 0 Å². The number of likely N-dealkylation sites (N-methyl/N-ethyl adjacent to an activating group) is 1. The minimum absolute atomic E-state index is 0.184. The number of benzene rings is 1. The third kappa shape index (κ3) is 4.59. The van der Waals surface area contributed by atoms with Crippen molar-refractivity contribution in [2.75, 3.05) is 44.9 Å². The molecule has 0 saturated carbocycles. The molecule has 2 N–H and O–H groups in total. The van der Waals surface area contributed by atoms with E-state index in [1.54, 1.807) is 12.1 Å². The van der Waals surface area contributed by atoms with Crippen LogP contribution in [0, 0.1) is 0 Å². The lowest BCUT2D eigenvalue weighted by atomic mass is 10.2. The molecule has 6 nitrogen and oxygen atoms in total. The molecule has 1 aromatic rings. The second kappa shape index (κ2) is 7.11. The van der Waals surface area contributed by atoms with Gasteiger partial charge in [-0.3, -0.25) is 0 Å². The molecule has 0 aromatic heterocycles. The number of hydrogen-bond donors (Lipinski definition) is 1. The van der Waals surface area contributed by atoms with Crippen LogP contribution in [0.25, 0.3) is 0 Å². The molecule has 0 saturated heterocycles. The van der Waals surface area contributed by atoms with E-state index in [2.05, 4.69) is 0 Å². The lowest BCUT2D eigenvalue weighted by Crippen LogP contribution is -2.25. The highest BCUT2D eigenvalue weighted by atomic mass is 32.2. The number of nitrogens with two attached hydrogens (primary N) is 1. The second-order valence-electron chi connectivity index (χ2n) is 5.35. The van der Waals surface area contributed by atoms with Crippen molar-refractivity contribution in [3.8, 4) is 0 Å². The summed E-state index contributed by atoms with van der Waals surface area (Å²) in [5.74, 6) is 0. The summed E-state index contributed by atoms with van der Waals surface area (Å²) in [6.07, 6.45) is 0.184. The van der Waals surface area contributed by atoms with Gasteiger partial charge in [-0.05, 0) is 32.0 Å². The molecule has 120 valence electrons. The van der Waals surface area contributed by atoms with Crippen LogP contribution in [0.15, 0.2) is 23.1 Å². The van der Waals surface area contributed by atoms with Crippen molar-refractivity contribution >= 4 is 21.4 Å². The van der Waals surface area contributed by atoms with E-state index in [-0.39, 0.29) is 11.0 Å². The molecule has 0 bridgehead atoms. The van der Waals surface area contributed by atoms with E-state index in [4.69, 9.17) is 10.5 Å². The van der Waals surface area contributed by atoms with E-state index in [1.165, 1.54) is 24.5 Å². The van der Waals surface area contributed by atoms with Gasteiger partial charge in [0.15, 0.2) is 0 Å². The molecule has 21 heavy (non-hydrogen) atoms. The fourth-order valence-corrected chi connectivity index (χ4v) is 2.73. The van der Waals surface area contributed by atoms with Crippen molar-refractivity contribution in [2.24, 2.45) is 0 Å². The maximum absolute atomic E-state index is 12.0. The maximum atomic E-state index is 12.0. The van der Waals surface area contributed by atoms with Gasteiger partial charge in [0.1, 0.15) is 0 Å². The molecule has 0 aliphatic rings. The third-order valence-corrected chi connectivity index (χ3v) is 4.88. The second-order valence-corrected chi connectivity index (χ2v) is 7.50. The smallest absolute Gasteiger partial charge is 0.242 e. The summed E-state index contributed by atoms with van der Waals surface area (Å²) in [5.41, 5.74) is 7.21. The van der Waals surface area contributed by atoms with Crippen LogP contribution in [-0.2, 0) is 14.8 Å². The highest BCUT2D eigenvalue weighted by Gasteiger charge is 2.18. The van der Waals surface area contributed by atoms with E-state index in [0.29, 0.717) is 18.8 Å². The van der Waals surface area contributed by atoms with Crippen molar-refractivity contribution in [3.63, 3.8) is 0 Å². The van der Waals surface area contributed by atoms with Crippen LogP contribution >= 0.6 is 0 Å². The topological polar surface area (TPSA) is 75.9 Å². The average molecular weight is 315 g/mol. The summed E-state index contributed by atoms with van der Waals surface area (Å²) in [6, 6.07) is 4.78. The van der Waals surface area contributed by atoms with Crippen LogP contribution in [0.2, 0.25) is 0 Å². The zero-order valence-corrected chi connectivity index (χ0v) is 14.1. The number of rotatable bonds is 7. The van der Waals surface area contributed by atoms with Gasteiger partial charge in [0.2, 0.25) is 10.0 Å².